The van der Waals surface area contributed by atoms with Crippen molar-refractivity contribution in [3.63, 3.8) is 0 Å². The van der Waals surface area contributed by atoms with Crippen LogP contribution >= 0.6 is 0 Å². The van der Waals surface area contributed by atoms with Gasteiger partial charge in [-0.3, -0.25) is 0 Å². The Hall–Kier alpha value is -1.02. The van der Waals surface area contributed by atoms with Crippen LogP contribution in [0.4, 0.5) is 5.69 Å². The Bertz CT molecular complexity index is 310. The molecule has 2 rings (SSSR count). The molecule has 0 amide bonds. The summed E-state index contributed by atoms with van der Waals surface area (Å²) in [5, 5.41) is 3.56. The molecule has 1 aromatic carbocycles. The van der Waals surface area contributed by atoms with Crippen LogP contribution in [-0.2, 0) is 0 Å². The molecule has 1 aromatic rings. The van der Waals surface area contributed by atoms with Crippen molar-refractivity contribution in [3.8, 4) is 0 Å². The number of benzene rings is 1. The number of hydrogen-bond acceptors (Lipinski definition) is 2. The van der Waals surface area contributed by atoms with Crippen LogP contribution in [0, 0.1) is 6.92 Å². The Balaban J connectivity index is 2.09. The maximum absolute atomic E-state index is 5.79. The number of aryl methyl sites for hydroxylation is 1. The van der Waals surface area contributed by atoms with Gasteiger partial charge in [-0.15, -0.1) is 0 Å². The van der Waals surface area contributed by atoms with Gasteiger partial charge in [-0.2, -0.15) is 0 Å². The lowest BCUT2D eigenvalue weighted by Crippen LogP contribution is -2.51. The fourth-order valence-corrected chi connectivity index (χ4v) is 2.01. The lowest BCUT2D eigenvalue weighted by molar-refractivity contribution is 0.287. The fourth-order valence-electron chi connectivity index (χ4n) is 2.01. The van der Waals surface area contributed by atoms with Crippen molar-refractivity contribution in [2.45, 2.75) is 31.7 Å². The van der Waals surface area contributed by atoms with Crippen LogP contribution in [0.25, 0.3) is 0 Å². The molecule has 3 N–H and O–H groups in total. The molecule has 1 saturated carbocycles. The lowest BCUT2D eigenvalue weighted by Gasteiger charge is -2.42. The first kappa shape index (κ1) is 9.53. The highest BCUT2D eigenvalue weighted by molar-refractivity contribution is 5.48. The van der Waals surface area contributed by atoms with E-state index in [1.807, 2.05) is 0 Å². The molecule has 1 fully saturated rings. The first-order valence-electron chi connectivity index (χ1n) is 5.29. The maximum atomic E-state index is 5.79. The highest BCUT2D eigenvalue weighted by Gasteiger charge is 2.35. The smallest absolute Gasteiger partial charge is 0.0495 e. The molecule has 14 heavy (non-hydrogen) atoms. The normalized spacial score (nSPS) is 18.7. The molecule has 2 nitrogen and oxygen atoms in total. The van der Waals surface area contributed by atoms with Gasteiger partial charge in [-0.1, -0.05) is 12.1 Å². The van der Waals surface area contributed by atoms with Crippen molar-refractivity contribution in [3.05, 3.63) is 29.8 Å². The summed E-state index contributed by atoms with van der Waals surface area (Å²) in [5.74, 6) is 0. The molecule has 1 aliphatic rings. The molecule has 0 heterocycles. The van der Waals surface area contributed by atoms with Gasteiger partial charge in [0.1, 0.15) is 0 Å². The average molecular weight is 190 g/mol. The Labute approximate surface area is 85.5 Å². The second kappa shape index (κ2) is 3.62. The summed E-state index contributed by atoms with van der Waals surface area (Å²) in [4.78, 5) is 0. The lowest BCUT2D eigenvalue weighted by atomic mass is 9.76. The monoisotopic (exact) mass is 190 g/mol. The molecule has 0 radical (unpaired) electrons. The molecule has 0 saturated heterocycles. The van der Waals surface area contributed by atoms with Crippen LogP contribution in [0.15, 0.2) is 24.3 Å². The van der Waals surface area contributed by atoms with Crippen molar-refractivity contribution in [2.24, 2.45) is 5.73 Å². The number of anilines is 1. The average Bonchev–Trinajstić information content (AvgIpc) is 2.11. The number of hydrogen-bond donors (Lipinski definition) is 2. The number of nitrogens with two attached hydrogens (primary N) is 1. The van der Waals surface area contributed by atoms with E-state index in [0.717, 1.165) is 6.54 Å². The zero-order valence-electron chi connectivity index (χ0n) is 8.72. The summed E-state index contributed by atoms with van der Waals surface area (Å²) in [5.41, 5.74) is 8.48. The molecule has 0 spiro atoms. The standard InChI is InChI=1S/C12H18N2/c1-10-4-2-5-11(8-10)14-12(9-13)6-3-7-12/h2,4-5,8,14H,3,6-7,9,13H2,1H3. The third-order valence-electron chi connectivity index (χ3n) is 3.13. The Kier molecular flexibility index (Phi) is 2.46. The topological polar surface area (TPSA) is 38.0 Å². The zero-order chi connectivity index (χ0) is 10.0. The molecular weight excluding hydrogens is 172 g/mol. The molecular formula is C12H18N2. The van der Waals surface area contributed by atoms with Crippen molar-refractivity contribution in [2.75, 3.05) is 11.9 Å². The van der Waals surface area contributed by atoms with E-state index in [-0.39, 0.29) is 5.54 Å². The first-order chi connectivity index (χ1) is 6.74. The van der Waals surface area contributed by atoms with E-state index >= 15 is 0 Å². The Morgan fingerprint density at radius 3 is 2.71 bits per heavy atom. The van der Waals surface area contributed by atoms with E-state index in [0.29, 0.717) is 0 Å². The van der Waals surface area contributed by atoms with E-state index in [1.165, 1.54) is 30.5 Å². The molecule has 76 valence electrons. The predicted octanol–water partition coefficient (Wildman–Crippen LogP) is 2.29. The second-order valence-electron chi connectivity index (χ2n) is 4.33. The van der Waals surface area contributed by atoms with Crippen LogP contribution in [-0.4, -0.2) is 12.1 Å². The minimum atomic E-state index is 0.188. The van der Waals surface area contributed by atoms with Gasteiger partial charge in [0, 0.05) is 17.8 Å². The third-order valence-corrected chi connectivity index (χ3v) is 3.13. The first-order valence-corrected chi connectivity index (χ1v) is 5.29. The fraction of sp³-hybridized carbons (Fsp3) is 0.500. The van der Waals surface area contributed by atoms with Crippen molar-refractivity contribution in [1.82, 2.24) is 0 Å². The van der Waals surface area contributed by atoms with E-state index in [9.17, 15) is 0 Å². The van der Waals surface area contributed by atoms with E-state index in [2.05, 4.69) is 36.5 Å². The predicted molar refractivity (Wildman–Crippen MR) is 60.4 cm³/mol. The summed E-state index contributed by atoms with van der Waals surface area (Å²) >= 11 is 0. The molecule has 0 atom stereocenters. The van der Waals surface area contributed by atoms with Crippen LogP contribution < -0.4 is 11.1 Å². The zero-order valence-corrected chi connectivity index (χ0v) is 8.72. The Morgan fingerprint density at radius 1 is 1.43 bits per heavy atom. The highest BCUT2D eigenvalue weighted by atomic mass is 15.0. The molecule has 0 unspecified atom stereocenters. The van der Waals surface area contributed by atoms with Gasteiger partial charge < -0.3 is 11.1 Å². The second-order valence-corrected chi connectivity index (χ2v) is 4.33. The molecule has 2 heteroatoms. The summed E-state index contributed by atoms with van der Waals surface area (Å²) in [7, 11) is 0. The Morgan fingerprint density at radius 2 is 2.21 bits per heavy atom. The quantitative estimate of drug-likeness (QED) is 0.767. The summed E-state index contributed by atoms with van der Waals surface area (Å²) < 4.78 is 0. The van der Waals surface area contributed by atoms with Crippen LogP contribution in [0.2, 0.25) is 0 Å². The minimum Gasteiger partial charge on any atom is -0.378 e. The van der Waals surface area contributed by atoms with E-state index in [1.54, 1.807) is 0 Å². The summed E-state index contributed by atoms with van der Waals surface area (Å²) in [6.07, 6.45) is 3.71. The van der Waals surface area contributed by atoms with Gasteiger partial charge in [-0.05, 0) is 43.9 Å². The van der Waals surface area contributed by atoms with Crippen LogP contribution in [0.3, 0.4) is 0 Å². The van der Waals surface area contributed by atoms with Crippen molar-refractivity contribution < 1.29 is 0 Å². The number of rotatable bonds is 3. The molecule has 0 bridgehead atoms. The SMILES string of the molecule is Cc1cccc(NC2(CN)CCC2)c1. The van der Waals surface area contributed by atoms with Crippen LogP contribution in [0.5, 0.6) is 0 Å². The summed E-state index contributed by atoms with van der Waals surface area (Å²) in [6, 6.07) is 8.49. The van der Waals surface area contributed by atoms with Gasteiger partial charge in [-0.25, -0.2) is 0 Å². The van der Waals surface area contributed by atoms with E-state index in [4.69, 9.17) is 5.73 Å². The largest absolute Gasteiger partial charge is 0.378 e. The maximum Gasteiger partial charge on any atom is 0.0495 e. The van der Waals surface area contributed by atoms with Gasteiger partial charge >= 0.3 is 0 Å². The molecule has 0 aliphatic heterocycles. The van der Waals surface area contributed by atoms with Crippen LogP contribution in [0.1, 0.15) is 24.8 Å². The number of nitrogens with one attached hydrogen (secondary N) is 1. The van der Waals surface area contributed by atoms with Gasteiger partial charge in [0.25, 0.3) is 0 Å². The van der Waals surface area contributed by atoms with E-state index < -0.39 is 0 Å². The van der Waals surface area contributed by atoms with Gasteiger partial charge in [0.05, 0.1) is 0 Å². The van der Waals surface area contributed by atoms with Crippen molar-refractivity contribution in [1.29, 1.82) is 0 Å². The summed E-state index contributed by atoms with van der Waals surface area (Å²) in [6.45, 7) is 2.85. The third kappa shape index (κ3) is 1.75. The minimum absolute atomic E-state index is 0.188. The van der Waals surface area contributed by atoms with Crippen molar-refractivity contribution >= 4 is 5.69 Å². The molecule has 1 aliphatic carbocycles. The molecule has 0 aromatic heterocycles. The van der Waals surface area contributed by atoms with Gasteiger partial charge in [0.2, 0.25) is 0 Å². The van der Waals surface area contributed by atoms with Gasteiger partial charge in [0.15, 0.2) is 0 Å². The highest BCUT2D eigenvalue weighted by Crippen LogP contribution is 2.34.